The molecule has 0 saturated carbocycles. The second-order valence-corrected chi connectivity index (χ2v) is 5.75. The SMILES string of the molecule is CC(C)CNCCCCCCOc1ccc(Cl)cc1. The van der Waals surface area contributed by atoms with Crippen molar-refractivity contribution in [1.82, 2.24) is 5.32 Å². The summed E-state index contributed by atoms with van der Waals surface area (Å²) >= 11 is 5.81. The van der Waals surface area contributed by atoms with Crippen molar-refractivity contribution in [3.63, 3.8) is 0 Å². The summed E-state index contributed by atoms with van der Waals surface area (Å²) in [5.74, 6) is 1.65. The molecule has 0 aliphatic heterocycles. The van der Waals surface area contributed by atoms with Crippen LogP contribution in [-0.4, -0.2) is 19.7 Å². The van der Waals surface area contributed by atoms with E-state index in [1.165, 1.54) is 19.3 Å². The Hall–Kier alpha value is -0.730. The highest BCUT2D eigenvalue weighted by molar-refractivity contribution is 6.30. The van der Waals surface area contributed by atoms with E-state index >= 15 is 0 Å². The van der Waals surface area contributed by atoms with E-state index in [1.54, 1.807) is 0 Å². The largest absolute Gasteiger partial charge is 0.494 e. The molecule has 0 aliphatic carbocycles. The molecule has 1 aromatic rings. The maximum atomic E-state index is 5.81. The van der Waals surface area contributed by atoms with Crippen LogP contribution in [0.15, 0.2) is 24.3 Å². The van der Waals surface area contributed by atoms with Gasteiger partial charge in [-0.05, 0) is 56.1 Å². The molecule has 108 valence electrons. The van der Waals surface area contributed by atoms with E-state index in [2.05, 4.69) is 19.2 Å². The highest BCUT2D eigenvalue weighted by Crippen LogP contribution is 2.15. The van der Waals surface area contributed by atoms with Gasteiger partial charge in [-0.2, -0.15) is 0 Å². The fourth-order valence-electron chi connectivity index (χ4n) is 1.82. The van der Waals surface area contributed by atoms with Crippen LogP contribution in [0.5, 0.6) is 5.75 Å². The van der Waals surface area contributed by atoms with Crippen LogP contribution in [0.3, 0.4) is 0 Å². The van der Waals surface area contributed by atoms with Crippen LogP contribution in [0, 0.1) is 5.92 Å². The topological polar surface area (TPSA) is 21.3 Å². The highest BCUT2D eigenvalue weighted by atomic mass is 35.5. The molecule has 0 aliphatic rings. The van der Waals surface area contributed by atoms with E-state index in [4.69, 9.17) is 16.3 Å². The van der Waals surface area contributed by atoms with Crippen molar-refractivity contribution >= 4 is 11.6 Å². The number of hydrogen-bond donors (Lipinski definition) is 1. The summed E-state index contributed by atoms with van der Waals surface area (Å²) in [7, 11) is 0. The standard InChI is InChI=1S/C16H26ClNO/c1-14(2)13-18-11-5-3-4-6-12-19-16-9-7-15(17)8-10-16/h7-10,14,18H,3-6,11-13H2,1-2H3. The van der Waals surface area contributed by atoms with Crippen LogP contribution < -0.4 is 10.1 Å². The molecule has 2 nitrogen and oxygen atoms in total. The Balaban J connectivity index is 1.90. The second-order valence-electron chi connectivity index (χ2n) is 5.31. The van der Waals surface area contributed by atoms with Gasteiger partial charge in [-0.3, -0.25) is 0 Å². The Morgan fingerprint density at radius 2 is 1.74 bits per heavy atom. The molecule has 1 rings (SSSR count). The lowest BCUT2D eigenvalue weighted by molar-refractivity contribution is 0.304. The minimum absolute atomic E-state index is 0.743. The molecule has 0 amide bonds. The molecule has 1 aromatic carbocycles. The zero-order valence-corrected chi connectivity index (χ0v) is 12.9. The molecule has 19 heavy (non-hydrogen) atoms. The first-order valence-corrected chi connectivity index (χ1v) is 7.65. The van der Waals surface area contributed by atoms with Gasteiger partial charge >= 0.3 is 0 Å². The number of halogens is 1. The van der Waals surface area contributed by atoms with Crippen LogP contribution in [0.4, 0.5) is 0 Å². The van der Waals surface area contributed by atoms with Crippen LogP contribution in [0.2, 0.25) is 5.02 Å². The quantitative estimate of drug-likeness (QED) is 0.637. The minimum Gasteiger partial charge on any atom is -0.494 e. The van der Waals surface area contributed by atoms with E-state index < -0.39 is 0 Å². The lowest BCUT2D eigenvalue weighted by atomic mass is 10.2. The van der Waals surface area contributed by atoms with Crippen LogP contribution in [-0.2, 0) is 0 Å². The zero-order valence-electron chi connectivity index (χ0n) is 12.1. The van der Waals surface area contributed by atoms with Crippen molar-refractivity contribution in [1.29, 1.82) is 0 Å². The van der Waals surface area contributed by atoms with Gasteiger partial charge in [-0.1, -0.05) is 38.3 Å². The Kier molecular flexibility index (Phi) is 8.68. The maximum absolute atomic E-state index is 5.81. The Bertz CT molecular complexity index is 324. The molecule has 0 heterocycles. The van der Waals surface area contributed by atoms with E-state index in [-0.39, 0.29) is 0 Å². The second kappa shape index (κ2) is 10.1. The van der Waals surface area contributed by atoms with E-state index in [0.29, 0.717) is 0 Å². The normalized spacial score (nSPS) is 10.9. The monoisotopic (exact) mass is 283 g/mol. The van der Waals surface area contributed by atoms with Crippen LogP contribution >= 0.6 is 11.6 Å². The average molecular weight is 284 g/mol. The molecule has 0 aromatic heterocycles. The predicted octanol–water partition coefficient (Wildman–Crippen LogP) is 4.52. The van der Waals surface area contributed by atoms with Crippen LogP contribution in [0.1, 0.15) is 39.5 Å². The molecule has 0 radical (unpaired) electrons. The van der Waals surface area contributed by atoms with Crippen molar-refractivity contribution in [3.05, 3.63) is 29.3 Å². The van der Waals surface area contributed by atoms with Crippen molar-refractivity contribution in [2.45, 2.75) is 39.5 Å². The Morgan fingerprint density at radius 3 is 2.42 bits per heavy atom. The molecule has 3 heteroatoms. The van der Waals surface area contributed by atoms with Gasteiger partial charge < -0.3 is 10.1 Å². The highest BCUT2D eigenvalue weighted by Gasteiger charge is 1.95. The maximum Gasteiger partial charge on any atom is 0.119 e. The minimum atomic E-state index is 0.743. The predicted molar refractivity (Wildman–Crippen MR) is 83.1 cm³/mol. The molecule has 0 saturated heterocycles. The molecular formula is C16H26ClNO. The Morgan fingerprint density at radius 1 is 1.05 bits per heavy atom. The van der Waals surface area contributed by atoms with Crippen LogP contribution in [0.25, 0.3) is 0 Å². The molecule has 0 atom stereocenters. The Labute approximate surface area is 122 Å². The number of benzene rings is 1. The molecule has 0 bridgehead atoms. The van der Waals surface area contributed by atoms with Gasteiger partial charge in [-0.15, -0.1) is 0 Å². The van der Waals surface area contributed by atoms with E-state index in [9.17, 15) is 0 Å². The van der Waals surface area contributed by atoms with E-state index in [0.717, 1.165) is 42.8 Å². The van der Waals surface area contributed by atoms with Gasteiger partial charge in [0.15, 0.2) is 0 Å². The number of rotatable bonds is 10. The van der Waals surface area contributed by atoms with Gasteiger partial charge in [0.2, 0.25) is 0 Å². The first kappa shape index (κ1) is 16.3. The van der Waals surface area contributed by atoms with Gasteiger partial charge in [-0.25, -0.2) is 0 Å². The summed E-state index contributed by atoms with van der Waals surface area (Å²) in [6, 6.07) is 7.55. The van der Waals surface area contributed by atoms with Crippen molar-refractivity contribution in [3.8, 4) is 5.75 Å². The van der Waals surface area contributed by atoms with E-state index in [1.807, 2.05) is 24.3 Å². The van der Waals surface area contributed by atoms with Crippen molar-refractivity contribution in [2.24, 2.45) is 5.92 Å². The van der Waals surface area contributed by atoms with Crippen molar-refractivity contribution in [2.75, 3.05) is 19.7 Å². The molecular weight excluding hydrogens is 258 g/mol. The average Bonchev–Trinajstić information content (AvgIpc) is 2.38. The van der Waals surface area contributed by atoms with Crippen molar-refractivity contribution < 1.29 is 4.74 Å². The van der Waals surface area contributed by atoms with Gasteiger partial charge in [0.05, 0.1) is 6.61 Å². The summed E-state index contributed by atoms with van der Waals surface area (Å²) in [6.07, 6.45) is 4.88. The summed E-state index contributed by atoms with van der Waals surface area (Å²) in [5, 5.41) is 4.21. The fraction of sp³-hybridized carbons (Fsp3) is 0.625. The first-order chi connectivity index (χ1) is 9.18. The third-order valence-corrected chi connectivity index (χ3v) is 3.13. The van der Waals surface area contributed by atoms with Gasteiger partial charge in [0, 0.05) is 5.02 Å². The summed E-state index contributed by atoms with van der Waals surface area (Å²) < 4.78 is 5.65. The number of ether oxygens (including phenoxy) is 1. The summed E-state index contributed by atoms with van der Waals surface area (Å²) in [5.41, 5.74) is 0. The number of hydrogen-bond acceptors (Lipinski definition) is 2. The fourth-order valence-corrected chi connectivity index (χ4v) is 1.94. The number of unbranched alkanes of at least 4 members (excludes halogenated alkanes) is 3. The van der Waals surface area contributed by atoms with Gasteiger partial charge in [0.1, 0.15) is 5.75 Å². The third kappa shape index (κ3) is 8.90. The summed E-state index contributed by atoms with van der Waals surface area (Å²) in [6.45, 7) is 7.53. The lowest BCUT2D eigenvalue weighted by Crippen LogP contribution is -2.20. The zero-order chi connectivity index (χ0) is 13.9. The molecule has 0 spiro atoms. The smallest absolute Gasteiger partial charge is 0.119 e. The first-order valence-electron chi connectivity index (χ1n) is 7.27. The molecule has 1 N–H and O–H groups in total. The summed E-state index contributed by atoms with van der Waals surface area (Å²) in [4.78, 5) is 0. The van der Waals surface area contributed by atoms with Gasteiger partial charge in [0.25, 0.3) is 0 Å². The molecule has 0 fully saturated rings. The third-order valence-electron chi connectivity index (χ3n) is 2.88. The lowest BCUT2D eigenvalue weighted by Gasteiger charge is -2.08. The number of nitrogens with one attached hydrogen (secondary N) is 1. The molecule has 0 unspecified atom stereocenters.